The summed E-state index contributed by atoms with van der Waals surface area (Å²) < 4.78 is 0. The second-order valence-corrected chi connectivity index (χ2v) is 8.09. The molecule has 4 rings (SSSR count). The highest BCUT2D eigenvalue weighted by Gasteiger charge is 2.34. The largest absolute Gasteiger partial charge is 0.332 e. The van der Waals surface area contributed by atoms with Gasteiger partial charge in [0.2, 0.25) is 5.91 Å². The van der Waals surface area contributed by atoms with Crippen LogP contribution in [0.2, 0.25) is 0 Å². The zero-order valence-electron chi connectivity index (χ0n) is 17.4. The molecule has 0 bridgehead atoms. The van der Waals surface area contributed by atoms with Crippen LogP contribution in [0.25, 0.3) is 0 Å². The molecule has 4 heterocycles. The highest BCUT2D eigenvalue weighted by Crippen LogP contribution is 2.32. The van der Waals surface area contributed by atoms with Gasteiger partial charge in [0.05, 0.1) is 18.3 Å². The lowest BCUT2D eigenvalue weighted by Gasteiger charge is -2.30. The molecule has 2 atom stereocenters. The first-order valence-corrected chi connectivity index (χ1v) is 10.6. The van der Waals surface area contributed by atoms with Crippen molar-refractivity contribution in [2.24, 2.45) is 5.92 Å². The Balaban J connectivity index is 1.60. The number of amides is 2. The van der Waals surface area contributed by atoms with Crippen LogP contribution in [-0.2, 0) is 17.8 Å². The fourth-order valence-corrected chi connectivity index (χ4v) is 4.24. The van der Waals surface area contributed by atoms with Crippen molar-refractivity contribution in [3.05, 3.63) is 57.5 Å². The van der Waals surface area contributed by atoms with E-state index in [0.717, 1.165) is 19.3 Å². The van der Waals surface area contributed by atoms with Gasteiger partial charge in [0.25, 0.3) is 11.5 Å². The maximum absolute atomic E-state index is 12.8. The number of nitrogens with one attached hydrogen (secondary N) is 1. The number of hydrogen-bond donors (Lipinski definition) is 1. The summed E-state index contributed by atoms with van der Waals surface area (Å²) in [6, 6.07) is 3.16. The van der Waals surface area contributed by atoms with Crippen LogP contribution in [0.4, 0.5) is 0 Å². The lowest BCUT2D eigenvalue weighted by molar-refractivity contribution is -0.136. The topological polar surface area (TPSA) is 99.3 Å². The average molecular weight is 409 g/mol. The molecule has 158 valence electrons. The number of carbonyl (C=O) groups excluding carboxylic acids is 2. The van der Waals surface area contributed by atoms with Gasteiger partial charge in [-0.1, -0.05) is 13.8 Å². The number of aromatic amines is 1. The van der Waals surface area contributed by atoms with Crippen LogP contribution in [0.1, 0.15) is 66.6 Å². The first-order valence-electron chi connectivity index (χ1n) is 10.6. The smallest absolute Gasteiger partial charge is 0.254 e. The van der Waals surface area contributed by atoms with Crippen molar-refractivity contribution in [3.8, 4) is 0 Å². The van der Waals surface area contributed by atoms with Gasteiger partial charge in [0.15, 0.2) is 0 Å². The van der Waals surface area contributed by atoms with Gasteiger partial charge in [-0.15, -0.1) is 0 Å². The number of nitrogens with zero attached hydrogens (tertiary/aromatic N) is 4. The molecule has 2 aliphatic rings. The van der Waals surface area contributed by atoms with E-state index in [9.17, 15) is 14.4 Å². The Kier molecular flexibility index (Phi) is 5.65. The molecule has 8 heteroatoms. The Labute approximate surface area is 175 Å². The molecule has 0 saturated carbocycles. The predicted molar refractivity (Wildman–Crippen MR) is 111 cm³/mol. The van der Waals surface area contributed by atoms with Gasteiger partial charge in [-0.2, -0.15) is 0 Å². The zero-order chi connectivity index (χ0) is 21.3. The molecule has 1 saturated heterocycles. The number of H-pyrrole nitrogens is 1. The normalized spacial score (nSPS) is 19.5. The maximum atomic E-state index is 12.8. The number of hydrogen-bond acceptors (Lipinski definition) is 5. The minimum atomic E-state index is -0.212. The number of likely N-dealkylation sites (tertiary alicyclic amines) is 1. The minimum Gasteiger partial charge on any atom is -0.332 e. The van der Waals surface area contributed by atoms with Gasteiger partial charge in [0.1, 0.15) is 5.82 Å². The van der Waals surface area contributed by atoms with Gasteiger partial charge in [0, 0.05) is 42.5 Å². The van der Waals surface area contributed by atoms with Crippen LogP contribution in [-0.4, -0.2) is 49.7 Å². The van der Waals surface area contributed by atoms with E-state index in [4.69, 9.17) is 4.98 Å². The molecule has 2 aromatic rings. The summed E-state index contributed by atoms with van der Waals surface area (Å²) in [7, 11) is 0. The second-order valence-electron chi connectivity index (χ2n) is 8.09. The van der Waals surface area contributed by atoms with Crippen LogP contribution in [0, 0.1) is 5.92 Å². The predicted octanol–water partition coefficient (Wildman–Crippen LogP) is 2.07. The van der Waals surface area contributed by atoms with Crippen molar-refractivity contribution in [2.45, 2.75) is 52.1 Å². The molecule has 0 aliphatic carbocycles. The molecule has 0 aromatic carbocycles. The van der Waals surface area contributed by atoms with Crippen molar-refractivity contribution in [2.75, 3.05) is 13.1 Å². The molecular weight excluding hydrogens is 382 g/mol. The molecule has 30 heavy (non-hydrogen) atoms. The lowest BCUT2D eigenvalue weighted by Crippen LogP contribution is -2.40. The van der Waals surface area contributed by atoms with Crippen LogP contribution in [0.3, 0.4) is 0 Å². The van der Waals surface area contributed by atoms with E-state index in [-0.39, 0.29) is 29.3 Å². The fourth-order valence-electron chi connectivity index (χ4n) is 4.24. The molecule has 0 unspecified atom stereocenters. The number of carbonyl (C=O) groups is 2. The van der Waals surface area contributed by atoms with Gasteiger partial charge in [-0.3, -0.25) is 19.4 Å². The van der Waals surface area contributed by atoms with E-state index >= 15 is 0 Å². The highest BCUT2D eigenvalue weighted by atomic mass is 16.2. The van der Waals surface area contributed by atoms with E-state index in [0.29, 0.717) is 48.7 Å². The standard InChI is InChI=1S/C22H27N5O3/c1-3-14(2)21(29)27-11-4-5-18(27)19-24-17-13-26(12-8-16(17)20(28)25-19)22(30)15-6-9-23-10-7-15/h6-7,9-10,14,18H,3-5,8,11-13H2,1-2H3,(H,24,25,28)/t14-,18-/m1/s1. The summed E-state index contributed by atoms with van der Waals surface area (Å²) in [5.74, 6) is 0.491. The van der Waals surface area contributed by atoms with E-state index in [2.05, 4.69) is 9.97 Å². The summed E-state index contributed by atoms with van der Waals surface area (Å²) >= 11 is 0. The monoisotopic (exact) mass is 409 g/mol. The first-order chi connectivity index (χ1) is 14.5. The molecule has 8 nitrogen and oxygen atoms in total. The summed E-state index contributed by atoms with van der Waals surface area (Å²) in [6.45, 7) is 5.38. The molecular formula is C22H27N5O3. The molecule has 2 aromatic heterocycles. The van der Waals surface area contributed by atoms with Crippen LogP contribution < -0.4 is 5.56 Å². The Hall–Kier alpha value is -3.03. The number of pyridine rings is 1. The molecule has 1 N–H and O–H groups in total. The van der Waals surface area contributed by atoms with Gasteiger partial charge in [-0.25, -0.2) is 4.98 Å². The number of fused-ring (bicyclic) bond motifs is 1. The molecule has 0 radical (unpaired) electrons. The van der Waals surface area contributed by atoms with Gasteiger partial charge in [-0.05, 0) is 37.8 Å². The molecule has 0 spiro atoms. The minimum absolute atomic E-state index is 0.0524. The molecule has 1 fully saturated rings. The van der Waals surface area contributed by atoms with Gasteiger partial charge >= 0.3 is 0 Å². The Morgan fingerprint density at radius 2 is 2.03 bits per heavy atom. The summed E-state index contributed by atoms with van der Waals surface area (Å²) in [6.07, 6.45) is 6.10. The SMILES string of the molecule is CC[C@@H](C)C(=O)N1CCC[C@@H]1c1nc2c(c(=O)[nH]1)CCN(C(=O)c1ccncc1)C2. The highest BCUT2D eigenvalue weighted by molar-refractivity contribution is 5.94. The third kappa shape index (κ3) is 3.74. The average Bonchev–Trinajstić information content (AvgIpc) is 3.27. The number of aromatic nitrogens is 3. The van der Waals surface area contributed by atoms with Crippen LogP contribution in [0.15, 0.2) is 29.3 Å². The van der Waals surface area contributed by atoms with E-state index < -0.39 is 0 Å². The first kappa shape index (κ1) is 20.3. The fraction of sp³-hybridized carbons (Fsp3) is 0.500. The second kappa shape index (κ2) is 8.38. The Bertz CT molecular complexity index is 1000. The summed E-state index contributed by atoms with van der Waals surface area (Å²) in [5, 5.41) is 0. The summed E-state index contributed by atoms with van der Waals surface area (Å²) in [4.78, 5) is 53.5. The van der Waals surface area contributed by atoms with E-state index in [1.165, 1.54) is 0 Å². The van der Waals surface area contributed by atoms with E-state index in [1.807, 2.05) is 18.7 Å². The zero-order valence-corrected chi connectivity index (χ0v) is 17.4. The number of rotatable bonds is 4. The van der Waals surface area contributed by atoms with Crippen LogP contribution in [0.5, 0.6) is 0 Å². The third-order valence-corrected chi connectivity index (χ3v) is 6.19. The van der Waals surface area contributed by atoms with Crippen molar-refractivity contribution in [1.29, 1.82) is 0 Å². The Morgan fingerprint density at radius 3 is 2.77 bits per heavy atom. The van der Waals surface area contributed by atoms with E-state index in [1.54, 1.807) is 29.4 Å². The third-order valence-electron chi connectivity index (χ3n) is 6.19. The van der Waals surface area contributed by atoms with Crippen molar-refractivity contribution in [1.82, 2.24) is 24.8 Å². The van der Waals surface area contributed by atoms with Crippen molar-refractivity contribution < 1.29 is 9.59 Å². The maximum Gasteiger partial charge on any atom is 0.254 e. The van der Waals surface area contributed by atoms with Crippen LogP contribution >= 0.6 is 0 Å². The van der Waals surface area contributed by atoms with Gasteiger partial charge < -0.3 is 14.8 Å². The van der Waals surface area contributed by atoms with Crippen molar-refractivity contribution in [3.63, 3.8) is 0 Å². The lowest BCUT2D eigenvalue weighted by atomic mass is 10.0. The molecule has 2 amide bonds. The quantitative estimate of drug-likeness (QED) is 0.833. The molecule has 2 aliphatic heterocycles. The summed E-state index contributed by atoms with van der Waals surface area (Å²) in [5.41, 5.74) is 1.68. The Morgan fingerprint density at radius 1 is 1.27 bits per heavy atom. The van der Waals surface area contributed by atoms with Crippen molar-refractivity contribution >= 4 is 11.8 Å².